The molecule has 2 unspecified atom stereocenters. The number of aliphatic hydroxyl groups is 1. The first-order valence-corrected chi connectivity index (χ1v) is 7.20. The van der Waals surface area contributed by atoms with E-state index in [9.17, 15) is 18.7 Å². The first-order chi connectivity index (χ1) is 10.8. The van der Waals surface area contributed by atoms with E-state index >= 15 is 0 Å². The molecule has 128 valence electrons. The van der Waals surface area contributed by atoms with Crippen LogP contribution in [0.15, 0.2) is 30.4 Å². The quantitative estimate of drug-likeness (QED) is 0.506. The summed E-state index contributed by atoms with van der Waals surface area (Å²) in [5, 5.41) is 15.1. The molecular weight excluding hydrogens is 306 g/mol. The largest absolute Gasteiger partial charge is 0.386 e. The summed E-state index contributed by atoms with van der Waals surface area (Å²) in [6.45, 7) is 8.14. The van der Waals surface area contributed by atoms with Crippen LogP contribution < -0.4 is 10.6 Å². The zero-order valence-electron chi connectivity index (χ0n) is 13.2. The molecule has 0 radical (unpaired) electrons. The highest BCUT2D eigenvalue weighted by Crippen LogP contribution is 2.19. The summed E-state index contributed by atoms with van der Waals surface area (Å²) in [6, 6.07) is 1.93. The average Bonchev–Trinajstić information content (AvgIpc) is 2.48. The lowest BCUT2D eigenvalue weighted by Crippen LogP contribution is -2.44. The van der Waals surface area contributed by atoms with E-state index in [0.717, 1.165) is 17.7 Å². The molecule has 0 heterocycles. The smallest absolute Gasteiger partial charge is 0.315 e. The highest BCUT2D eigenvalue weighted by atomic mass is 19.2. The van der Waals surface area contributed by atoms with Crippen LogP contribution in [-0.4, -0.2) is 36.9 Å². The molecule has 0 aromatic heterocycles. The van der Waals surface area contributed by atoms with Gasteiger partial charge in [0.25, 0.3) is 0 Å². The Morgan fingerprint density at radius 3 is 2.70 bits per heavy atom. The highest BCUT2D eigenvalue weighted by molar-refractivity contribution is 5.74. The lowest BCUT2D eigenvalue weighted by molar-refractivity contribution is 0.134. The summed E-state index contributed by atoms with van der Waals surface area (Å²) >= 11 is 0. The lowest BCUT2D eigenvalue weighted by Gasteiger charge is -2.21. The average molecular weight is 328 g/mol. The molecule has 0 saturated carbocycles. The number of ether oxygens (including phenoxy) is 1. The second kappa shape index (κ2) is 9.22. The monoisotopic (exact) mass is 328 g/mol. The summed E-state index contributed by atoms with van der Waals surface area (Å²) in [6.07, 6.45) is -1.16. The molecule has 3 N–H and O–H groups in total. The van der Waals surface area contributed by atoms with Crippen molar-refractivity contribution in [1.29, 1.82) is 0 Å². The summed E-state index contributed by atoms with van der Waals surface area (Å²) in [4.78, 5) is 11.7. The van der Waals surface area contributed by atoms with E-state index in [0.29, 0.717) is 19.8 Å². The van der Waals surface area contributed by atoms with Crippen molar-refractivity contribution in [2.45, 2.75) is 26.0 Å². The highest BCUT2D eigenvalue weighted by Gasteiger charge is 2.19. The number of urea groups is 1. The van der Waals surface area contributed by atoms with E-state index < -0.39 is 29.8 Å². The third-order valence-corrected chi connectivity index (χ3v) is 3.00. The van der Waals surface area contributed by atoms with Gasteiger partial charge < -0.3 is 20.5 Å². The van der Waals surface area contributed by atoms with Gasteiger partial charge in [0.2, 0.25) is 0 Å². The Bertz CT molecular complexity index is 552. The van der Waals surface area contributed by atoms with Crippen molar-refractivity contribution in [3.05, 3.63) is 47.5 Å². The molecule has 1 aromatic carbocycles. The van der Waals surface area contributed by atoms with Crippen LogP contribution in [0.3, 0.4) is 0 Å². The van der Waals surface area contributed by atoms with Gasteiger partial charge in [0.1, 0.15) is 0 Å². The Morgan fingerprint density at radius 2 is 2.09 bits per heavy atom. The van der Waals surface area contributed by atoms with Crippen molar-refractivity contribution in [3.8, 4) is 0 Å². The van der Waals surface area contributed by atoms with Gasteiger partial charge in [0, 0.05) is 6.54 Å². The van der Waals surface area contributed by atoms with Gasteiger partial charge in [-0.15, -0.1) is 0 Å². The van der Waals surface area contributed by atoms with E-state index in [4.69, 9.17) is 4.74 Å². The second-order valence-corrected chi connectivity index (χ2v) is 5.32. The van der Waals surface area contributed by atoms with E-state index in [2.05, 4.69) is 17.2 Å². The molecule has 23 heavy (non-hydrogen) atoms. The molecule has 0 saturated heterocycles. The third kappa shape index (κ3) is 6.75. The summed E-state index contributed by atoms with van der Waals surface area (Å²) in [5.74, 6) is -2.04. The Labute approximate surface area is 134 Å². The maximum atomic E-state index is 13.2. The number of carbonyl (C=O) groups is 1. The molecular formula is C16H22F2N2O3. The lowest BCUT2D eigenvalue weighted by atomic mass is 10.0. The number of hydrogen-bond acceptors (Lipinski definition) is 3. The molecule has 1 aromatic rings. The minimum Gasteiger partial charge on any atom is -0.386 e. The van der Waals surface area contributed by atoms with Crippen LogP contribution in [0.1, 0.15) is 25.5 Å². The maximum Gasteiger partial charge on any atom is 0.315 e. The van der Waals surface area contributed by atoms with Crippen LogP contribution in [0.4, 0.5) is 13.6 Å². The summed E-state index contributed by atoms with van der Waals surface area (Å²) in [5.41, 5.74) is 1.07. The molecule has 0 aliphatic carbocycles. The van der Waals surface area contributed by atoms with Crippen LogP contribution in [-0.2, 0) is 4.74 Å². The van der Waals surface area contributed by atoms with E-state index in [1.165, 1.54) is 6.07 Å². The first-order valence-electron chi connectivity index (χ1n) is 7.20. The number of aliphatic hydroxyl groups excluding tert-OH is 1. The van der Waals surface area contributed by atoms with Gasteiger partial charge in [-0.25, -0.2) is 13.6 Å². The van der Waals surface area contributed by atoms with Crippen molar-refractivity contribution in [3.63, 3.8) is 0 Å². The number of rotatable bonds is 8. The predicted molar refractivity (Wildman–Crippen MR) is 82.9 cm³/mol. The normalized spacial score (nSPS) is 13.3. The molecule has 0 bridgehead atoms. The zero-order valence-corrected chi connectivity index (χ0v) is 13.2. The van der Waals surface area contributed by atoms with Gasteiger partial charge in [-0.05, 0) is 31.5 Å². The van der Waals surface area contributed by atoms with Crippen LogP contribution >= 0.6 is 0 Å². The maximum absolute atomic E-state index is 13.2. The molecule has 0 fully saturated rings. The number of hydrogen-bond donors (Lipinski definition) is 3. The van der Waals surface area contributed by atoms with Crippen molar-refractivity contribution in [1.82, 2.24) is 10.6 Å². The van der Waals surface area contributed by atoms with Gasteiger partial charge in [-0.3, -0.25) is 0 Å². The molecule has 5 nitrogen and oxygen atoms in total. The minimum atomic E-state index is -1.16. The Hall–Kier alpha value is -1.99. The van der Waals surface area contributed by atoms with E-state index in [1.54, 1.807) is 6.92 Å². The summed E-state index contributed by atoms with van der Waals surface area (Å²) in [7, 11) is 0. The van der Waals surface area contributed by atoms with Crippen LogP contribution in [0.25, 0.3) is 0 Å². The third-order valence-electron chi connectivity index (χ3n) is 3.00. The fourth-order valence-corrected chi connectivity index (χ4v) is 1.80. The van der Waals surface area contributed by atoms with Gasteiger partial charge in [0.15, 0.2) is 11.6 Å². The molecule has 2 atom stereocenters. The van der Waals surface area contributed by atoms with Gasteiger partial charge in [0.05, 0.1) is 25.4 Å². The number of halogens is 2. The van der Waals surface area contributed by atoms with Crippen LogP contribution in [0, 0.1) is 11.6 Å². The topological polar surface area (TPSA) is 70.6 Å². The predicted octanol–water partition coefficient (Wildman–Crippen LogP) is 2.28. The van der Waals surface area contributed by atoms with Crippen molar-refractivity contribution < 1.29 is 23.4 Å². The van der Waals surface area contributed by atoms with Crippen LogP contribution in [0.5, 0.6) is 0 Å². The van der Waals surface area contributed by atoms with Gasteiger partial charge in [-0.2, -0.15) is 0 Å². The molecule has 1 rings (SSSR count). The van der Waals surface area contributed by atoms with Gasteiger partial charge in [-0.1, -0.05) is 18.2 Å². The van der Waals surface area contributed by atoms with Crippen LogP contribution in [0.2, 0.25) is 0 Å². The first kappa shape index (κ1) is 19.1. The van der Waals surface area contributed by atoms with E-state index in [1.807, 2.05) is 6.92 Å². The molecule has 0 aliphatic rings. The number of carbonyl (C=O) groups excluding carboxylic acids is 1. The number of benzene rings is 1. The number of nitrogens with one attached hydrogen (secondary N) is 2. The Kier molecular flexibility index (Phi) is 7.64. The Balaban J connectivity index is 2.39. The van der Waals surface area contributed by atoms with Crippen molar-refractivity contribution in [2.75, 3.05) is 19.8 Å². The standard InChI is InChI=1S/C16H22F2N2O3/c1-10(2)9-23-7-6-19-16(22)20-11(3)15(21)12-4-5-13(17)14(18)8-12/h4-5,8,11,15,21H,1,6-7,9H2,2-3H3,(H2,19,20,22). The fraction of sp³-hybridized carbons (Fsp3) is 0.438. The number of amides is 2. The Morgan fingerprint density at radius 1 is 1.39 bits per heavy atom. The van der Waals surface area contributed by atoms with Crippen molar-refractivity contribution in [2.24, 2.45) is 0 Å². The van der Waals surface area contributed by atoms with Crippen molar-refractivity contribution >= 4 is 6.03 Å². The molecule has 2 amide bonds. The zero-order chi connectivity index (χ0) is 17.4. The molecule has 0 spiro atoms. The van der Waals surface area contributed by atoms with Gasteiger partial charge >= 0.3 is 6.03 Å². The fourth-order valence-electron chi connectivity index (χ4n) is 1.80. The summed E-state index contributed by atoms with van der Waals surface area (Å²) < 4.78 is 31.3. The minimum absolute atomic E-state index is 0.182. The molecule has 0 aliphatic heterocycles. The molecule has 7 heteroatoms. The SMILES string of the molecule is C=C(C)COCCNC(=O)NC(C)C(O)c1ccc(F)c(F)c1. The van der Waals surface area contributed by atoms with E-state index in [-0.39, 0.29) is 5.56 Å². The second-order valence-electron chi connectivity index (χ2n) is 5.32.